The van der Waals surface area contributed by atoms with Crippen molar-refractivity contribution in [3.05, 3.63) is 96.8 Å². The molecule has 0 saturated carbocycles. The Morgan fingerprint density at radius 1 is 1.09 bits per heavy atom. The fraction of sp³-hybridized carbons (Fsp3) is 0.286. The van der Waals surface area contributed by atoms with Gasteiger partial charge in [0.25, 0.3) is 0 Å². The Morgan fingerprint density at radius 3 is 2.70 bits per heavy atom. The predicted molar refractivity (Wildman–Crippen MR) is 179 cm³/mol. The van der Waals surface area contributed by atoms with E-state index in [2.05, 4.69) is 51.0 Å². The summed E-state index contributed by atoms with van der Waals surface area (Å²) in [4.78, 5) is 31.9. The van der Waals surface area contributed by atoms with Crippen LogP contribution in [0.1, 0.15) is 24.9 Å². The van der Waals surface area contributed by atoms with Gasteiger partial charge in [-0.15, -0.1) is 0 Å². The fourth-order valence-corrected chi connectivity index (χ4v) is 5.96. The highest BCUT2D eigenvalue weighted by Gasteiger charge is 2.30. The zero-order valence-electron chi connectivity index (χ0n) is 26.5. The highest BCUT2D eigenvalue weighted by Crippen LogP contribution is 2.40. The first-order valence-electron chi connectivity index (χ1n) is 15.4. The second-order valence-corrected chi connectivity index (χ2v) is 11.6. The van der Waals surface area contributed by atoms with Crippen LogP contribution in [0.5, 0.6) is 5.75 Å². The highest BCUT2D eigenvalue weighted by molar-refractivity contribution is 6.02. The number of aromatic nitrogens is 2. The van der Waals surface area contributed by atoms with E-state index in [9.17, 15) is 13.6 Å². The minimum atomic E-state index is -0.893. The number of hydrogen-bond acceptors (Lipinski definition) is 9. The van der Waals surface area contributed by atoms with E-state index in [1.54, 1.807) is 30.4 Å². The number of ether oxygens (including phenoxy) is 1. The highest BCUT2D eigenvalue weighted by atomic mass is 19.2. The lowest BCUT2D eigenvalue weighted by Crippen LogP contribution is -2.50. The summed E-state index contributed by atoms with van der Waals surface area (Å²) in [7, 11) is 3.70. The number of nitrogens with zero attached hydrogens (tertiary/aromatic N) is 5. The van der Waals surface area contributed by atoms with Gasteiger partial charge in [-0.05, 0) is 49.4 Å². The lowest BCUT2D eigenvalue weighted by atomic mass is 9.98. The Balaban J connectivity index is 1.28. The van der Waals surface area contributed by atoms with Gasteiger partial charge in [0.2, 0.25) is 5.91 Å². The van der Waals surface area contributed by atoms with Gasteiger partial charge >= 0.3 is 0 Å². The van der Waals surface area contributed by atoms with Crippen molar-refractivity contribution in [1.29, 1.82) is 0 Å². The second kappa shape index (κ2) is 13.7. The van der Waals surface area contributed by atoms with Gasteiger partial charge in [0.15, 0.2) is 17.5 Å². The number of piperazine rings is 1. The number of carbonyl (C=O) groups excluding carboxylic acids is 1. The minimum absolute atomic E-state index is 0.191. The van der Waals surface area contributed by atoms with Crippen LogP contribution in [0.25, 0.3) is 11.1 Å². The molecule has 47 heavy (non-hydrogen) atoms. The Morgan fingerprint density at radius 2 is 1.91 bits per heavy atom. The van der Waals surface area contributed by atoms with Crippen LogP contribution in [-0.2, 0) is 9.63 Å². The number of carbonyl (C=O) groups is 1. The molecule has 3 aromatic carbocycles. The molecule has 0 radical (unpaired) electrons. The Labute approximate surface area is 272 Å². The summed E-state index contributed by atoms with van der Waals surface area (Å²) in [6, 6.07) is 17.1. The van der Waals surface area contributed by atoms with Crippen LogP contribution in [0.15, 0.2) is 79.6 Å². The van der Waals surface area contributed by atoms with Crippen LogP contribution in [0.2, 0.25) is 0 Å². The standard InChI is InChI=1S/C35H37F2N7O3/c1-5-34(45)41-27-17-28(31(46-4)18-30(27)43-14-13-42(3)22(2)20-43)40-32-19-33(39-21-38-32)44-29(12-15-47-44)24-9-6-8-23(16-24)25-10-7-11-26(36)35(25)37/h5-11,16-19,21-22,29H,1,12-15,20H2,2-4H3,(H,41,45)(H,38,39,40)/t22-,29+/m0/s1. The van der Waals surface area contributed by atoms with Crippen LogP contribution in [0, 0.1) is 11.6 Å². The zero-order valence-corrected chi connectivity index (χ0v) is 26.5. The molecule has 2 aliphatic rings. The number of halogens is 2. The zero-order chi connectivity index (χ0) is 33.1. The van der Waals surface area contributed by atoms with Crippen molar-refractivity contribution >= 4 is 34.6 Å². The molecule has 4 aromatic rings. The lowest BCUT2D eigenvalue weighted by molar-refractivity contribution is -0.111. The molecule has 1 amide bonds. The van der Waals surface area contributed by atoms with Gasteiger partial charge in [0.05, 0.1) is 36.8 Å². The molecule has 2 atom stereocenters. The summed E-state index contributed by atoms with van der Waals surface area (Å²) < 4.78 is 34.3. The second-order valence-electron chi connectivity index (χ2n) is 11.6. The molecule has 10 nitrogen and oxygen atoms in total. The van der Waals surface area contributed by atoms with Crippen molar-refractivity contribution in [3.63, 3.8) is 0 Å². The Kier molecular flexibility index (Phi) is 9.32. The summed E-state index contributed by atoms with van der Waals surface area (Å²) in [5.41, 5.74) is 3.68. The van der Waals surface area contributed by atoms with E-state index in [0.717, 1.165) is 37.0 Å². The Hall–Kier alpha value is -5.07. The number of hydroxylamine groups is 1. The third-order valence-corrected chi connectivity index (χ3v) is 8.64. The van der Waals surface area contributed by atoms with Crippen molar-refractivity contribution in [2.24, 2.45) is 0 Å². The van der Waals surface area contributed by atoms with E-state index in [0.29, 0.717) is 53.4 Å². The molecule has 6 rings (SSSR count). The number of anilines is 5. The van der Waals surface area contributed by atoms with Gasteiger partial charge in [-0.1, -0.05) is 36.9 Å². The fourth-order valence-electron chi connectivity index (χ4n) is 5.96. The summed E-state index contributed by atoms with van der Waals surface area (Å²) in [6.07, 6.45) is 3.33. The molecule has 2 N–H and O–H groups in total. The van der Waals surface area contributed by atoms with Crippen LogP contribution in [0.4, 0.5) is 37.5 Å². The van der Waals surface area contributed by atoms with Crippen LogP contribution < -0.4 is 25.3 Å². The topological polar surface area (TPSA) is 95.1 Å². The third-order valence-electron chi connectivity index (χ3n) is 8.64. The summed E-state index contributed by atoms with van der Waals surface area (Å²) in [5.74, 6) is -0.551. The average molecular weight is 642 g/mol. The number of rotatable bonds is 9. The summed E-state index contributed by atoms with van der Waals surface area (Å²) in [6.45, 7) is 8.69. The normalized spacial score (nSPS) is 18.2. The molecule has 12 heteroatoms. The van der Waals surface area contributed by atoms with Gasteiger partial charge in [0, 0.05) is 49.8 Å². The smallest absolute Gasteiger partial charge is 0.247 e. The quantitative estimate of drug-likeness (QED) is 0.204. The maximum atomic E-state index is 14.6. The van der Waals surface area contributed by atoms with Gasteiger partial charge in [-0.25, -0.2) is 23.8 Å². The Bertz CT molecular complexity index is 1790. The van der Waals surface area contributed by atoms with E-state index in [-0.39, 0.29) is 17.5 Å². The van der Waals surface area contributed by atoms with Crippen molar-refractivity contribution in [3.8, 4) is 16.9 Å². The molecule has 0 spiro atoms. The van der Waals surface area contributed by atoms with E-state index in [1.807, 2.05) is 30.3 Å². The first kappa shape index (κ1) is 31.9. The number of amides is 1. The van der Waals surface area contributed by atoms with Gasteiger partial charge < -0.3 is 25.2 Å². The average Bonchev–Trinajstić information content (AvgIpc) is 3.58. The van der Waals surface area contributed by atoms with Gasteiger partial charge in [-0.2, -0.15) is 0 Å². The molecular weight excluding hydrogens is 604 g/mol. The molecule has 3 heterocycles. The molecule has 0 aliphatic carbocycles. The molecule has 2 saturated heterocycles. The van der Waals surface area contributed by atoms with E-state index in [4.69, 9.17) is 9.57 Å². The number of likely N-dealkylation sites (N-methyl/N-ethyl adjacent to an activating group) is 1. The third kappa shape index (κ3) is 6.74. The molecule has 0 unspecified atom stereocenters. The van der Waals surface area contributed by atoms with Crippen molar-refractivity contribution < 1.29 is 23.1 Å². The molecule has 2 fully saturated rings. The molecule has 0 bridgehead atoms. The largest absolute Gasteiger partial charge is 0.494 e. The number of nitrogens with one attached hydrogen (secondary N) is 2. The van der Waals surface area contributed by atoms with E-state index >= 15 is 0 Å². The van der Waals surface area contributed by atoms with Crippen molar-refractivity contribution in [1.82, 2.24) is 14.9 Å². The SMILES string of the molecule is C=CC(=O)Nc1cc(Nc2cc(N3OCC[C@@H]3c3cccc(-c4cccc(F)c4F)c3)ncn2)c(OC)cc1N1CCN(C)[C@@H](C)C1. The van der Waals surface area contributed by atoms with Gasteiger partial charge in [-0.3, -0.25) is 9.63 Å². The summed E-state index contributed by atoms with van der Waals surface area (Å²) in [5, 5.41) is 7.98. The van der Waals surface area contributed by atoms with Crippen LogP contribution in [-0.4, -0.2) is 67.2 Å². The molecule has 244 valence electrons. The van der Waals surface area contributed by atoms with E-state index in [1.165, 1.54) is 18.5 Å². The van der Waals surface area contributed by atoms with Crippen LogP contribution in [0.3, 0.4) is 0 Å². The van der Waals surface area contributed by atoms with Crippen molar-refractivity contribution in [2.75, 3.05) is 61.0 Å². The predicted octanol–water partition coefficient (Wildman–Crippen LogP) is 6.32. The molecule has 1 aromatic heterocycles. The molecule has 2 aliphatic heterocycles. The first-order valence-corrected chi connectivity index (χ1v) is 15.4. The van der Waals surface area contributed by atoms with Crippen LogP contribution >= 0.6 is 0 Å². The lowest BCUT2D eigenvalue weighted by Gasteiger charge is -2.40. The maximum Gasteiger partial charge on any atom is 0.247 e. The van der Waals surface area contributed by atoms with Crippen molar-refractivity contribution in [2.45, 2.75) is 25.4 Å². The minimum Gasteiger partial charge on any atom is -0.494 e. The monoisotopic (exact) mass is 641 g/mol. The number of benzene rings is 3. The first-order chi connectivity index (χ1) is 22.7. The molecular formula is C35H37F2N7O3. The number of methoxy groups -OCH3 is 1. The van der Waals surface area contributed by atoms with Gasteiger partial charge in [0.1, 0.15) is 17.9 Å². The van der Waals surface area contributed by atoms with E-state index < -0.39 is 11.6 Å². The number of hydrogen-bond donors (Lipinski definition) is 2. The maximum absolute atomic E-state index is 14.6. The summed E-state index contributed by atoms with van der Waals surface area (Å²) >= 11 is 0.